The zero-order valence-corrected chi connectivity index (χ0v) is 17.2. The van der Waals surface area contributed by atoms with Crippen LogP contribution in [0, 0.1) is 5.92 Å². The smallest absolute Gasteiger partial charge is 0.410 e. The maximum Gasteiger partial charge on any atom is 0.410 e. The van der Waals surface area contributed by atoms with Gasteiger partial charge in [-0.3, -0.25) is 9.59 Å². The fraction of sp³-hybridized carbons (Fsp3) is 0.571. The molecule has 154 valence electrons. The van der Waals surface area contributed by atoms with Crippen LogP contribution in [0.1, 0.15) is 46.1 Å². The number of ether oxygens (including phenoxy) is 1. The molecule has 3 amide bonds. The van der Waals surface area contributed by atoms with Gasteiger partial charge in [0.05, 0.1) is 12.5 Å². The maximum atomic E-state index is 12.5. The van der Waals surface area contributed by atoms with Crippen LogP contribution in [0.15, 0.2) is 24.3 Å². The standard InChI is InChI=1S/C21H31N3O4/c1-5-15-9-6-7-11-17(15)23-18(25)13-22-19(26)16-10-8-12-24(14-16)20(27)28-21(2,3)4/h6-7,9,11,16H,5,8,10,12-14H2,1-4H3,(H,22,26)(H,23,25). The minimum Gasteiger partial charge on any atom is -0.444 e. The Morgan fingerprint density at radius 2 is 1.93 bits per heavy atom. The lowest BCUT2D eigenvalue weighted by molar-refractivity contribution is -0.128. The average Bonchev–Trinajstić information content (AvgIpc) is 2.65. The highest BCUT2D eigenvalue weighted by molar-refractivity contribution is 5.95. The second-order valence-electron chi connectivity index (χ2n) is 8.04. The van der Waals surface area contributed by atoms with E-state index >= 15 is 0 Å². The molecule has 28 heavy (non-hydrogen) atoms. The molecule has 2 N–H and O–H groups in total. The monoisotopic (exact) mass is 389 g/mol. The van der Waals surface area contributed by atoms with Gasteiger partial charge < -0.3 is 20.3 Å². The summed E-state index contributed by atoms with van der Waals surface area (Å²) >= 11 is 0. The predicted octanol–water partition coefficient (Wildman–Crippen LogP) is 2.95. The second-order valence-corrected chi connectivity index (χ2v) is 8.04. The van der Waals surface area contributed by atoms with Crippen molar-refractivity contribution >= 4 is 23.6 Å². The first kappa shape index (κ1) is 21.7. The zero-order chi connectivity index (χ0) is 20.7. The third kappa shape index (κ3) is 6.55. The lowest BCUT2D eigenvalue weighted by Crippen LogP contribution is -2.47. The molecule has 0 aromatic heterocycles. The topological polar surface area (TPSA) is 87.7 Å². The number of carbonyl (C=O) groups excluding carboxylic acids is 3. The van der Waals surface area contributed by atoms with Gasteiger partial charge in [-0.1, -0.05) is 25.1 Å². The van der Waals surface area contributed by atoms with Crippen molar-refractivity contribution in [2.45, 2.75) is 52.6 Å². The van der Waals surface area contributed by atoms with Crippen molar-refractivity contribution in [2.75, 3.05) is 25.0 Å². The van der Waals surface area contributed by atoms with E-state index in [9.17, 15) is 14.4 Å². The van der Waals surface area contributed by atoms with Crippen molar-refractivity contribution in [3.63, 3.8) is 0 Å². The zero-order valence-electron chi connectivity index (χ0n) is 17.2. The largest absolute Gasteiger partial charge is 0.444 e. The number of piperidine rings is 1. The molecule has 1 aromatic rings. The third-order valence-corrected chi connectivity index (χ3v) is 4.54. The van der Waals surface area contributed by atoms with E-state index in [1.54, 1.807) is 4.90 Å². The molecule has 1 saturated heterocycles. The van der Waals surface area contributed by atoms with Gasteiger partial charge in [-0.25, -0.2) is 4.79 Å². The van der Waals surface area contributed by atoms with Crippen LogP contribution in [0.2, 0.25) is 0 Å². The summed E-state index contributed by atoms with van der Waals surface area (Å²) in [5.74, 6) is -0.821. The number of benzene rings is 1. The van der Waals surface area contributed by atoms with E-state index in [1.807, 2.05) is 52.0 Å². The first-order chi connectivity index (χ1) is 13.2. The molecule has 1 fully saturated rings. The van der Waals surface area contributed by atoms with E-state index < -0.39 is 11.7 Å². The molecule has 7 heteroatoms. The van der Waals surface area contributed by atoms with Crippen LogP contribution in [0.25, 0.3) is 0 Å². The fourth-order valence-corrected chi connectivity index (χ4v) is 3.14. The minimum atomic E-state index is -0.570. The Kier molecular flexibility index (Phi) is 7.43. The molecule has 0 radical (unpaired) electrons. The third-order valence-electron chi connectivity index (χ3n) is 4.54. The van der Waals surface area contributed by atoms with E-state index in [-0.39, 0.29) is 24.3 Å². The van der Waals surface area contributed by atoms with Crippen LogP contribution in [0.5, 0.6) is 0 Å². The number of para-hydroxylation sites is 1. The van der Waals surface area contributed by atoms with Crippen molar-refractivity contribution in [3.8, 4) is 0 Å². The lowest BCUT2D eigenvalue weighted by atomic mass is 9.97. The molecule has 1 aliphatic rings. The van der Waals surface area contributed by atoms with Crippen LogP contribution >= 0.6 is 0 Å². The Hall–Kier alpha value is -2.57. The Morgan fingerprint density at radius 3 is 2.61 bits per heavy atom. The molecular formula is C21H31N3O4. The Balaban J connectivity index is 1.83. The quantitative estimate of drug-likeness (QED) is 0.810. The summed E-state index contributed by atoms with van der Waals surface area (Å²) in [4.78, 5) is 38.4. The van der Waals surface area contributed by atoms with Gasteiger partial charge in [-0.2, -0.15) is 0 Å². The van der Waals surface area contributed by atoms with E-state index in [2.05, 4.69) is 10.6 Å². The summed E-state index contributed by atoms with van der Waals surface area (Å²) in [6.07, 6.45) is 1.82. The molecule has 0 saturated carbocycles. The Morgan fingerprint density at radius 1 is 1.21 bits per heavy atom. The lowest BCUT2D eigenvalue weighted by Gasteiger charge is -2.33. The summed E-state index contributed by atoms with van der Waals surface area (Å²) < 4.78 is 5.38. The van der Waals surface area contributed by atoms with E-state index in [1.165, 1.54) is 0 Å². The average molecular weight is 389 g/mol. The Labute approximate surface area is 166 Å². The number of aryl methyl sites for hydroxylation is 1. The summed E-state index contributed by atoms with van der Waals surface area (Å²) in [7, 11) is 0. The number of carbonyl (C=O) groups is 3. The molecule has 1 unspecified atom stereocenters. The van der Waals surface area contributed by atoms with E-state index in [0.29, 0.717) is 19.5 Å². The minimum absolute atomic E-state index is 0.0974. The molecule has 7 nitrogen and oxygen atoms in total. The number of hydrogen-bond donors (Lipinski definition) is 2. The normalized spacial score (nSPS) is 17.0. The van der Waals surface area contributed by atoms with Crippen LogP contribution in [-0.4, -0.2) is 48.0 Å². The van der Waals surface area contributed by atoms with Gasteiger partial charge >= 0.3 is 6.09 Å². The van der Waals surface area contributed by atoms with Gasteiger partial charge in [-0.15, -0.1) is 0 Å². The number of likely N-dealkylation sites (tertiary alicyclic amines) is 1. The highest BCUT2D eigenvalue weighted by Gasteiger charge is 2.31. The fourth-order valence-electron chi connectivity index (χ4n) is 3.14. The second kappa shape index (κ2) is 9.57. The summed E-state index contributed by atoms with van der Waals surface area (Å²) in [5.41, 5.74) is 1.24. The summed E-state index contributed by atoms with van der Waals surface area (Å²) in [6, 6.07) is 7.59. The number of hydrogen-bond acceptors (Lipinski definition) is 4. The van der Waals surface area contributed by atoms with Gasteiger partial charge in [0, 0.05) is 18.8 Å². The molecule has 1 aromatic carbocycles. The summed E-state index contributed by atoms with van der Waals surface area (Å²) in [5, 5.41) is 5.52. The molecule has 0 spiro atoms. The van der Waals surface area contributed by atoms with Crippen LogP contribution in [-0.2, 0) is 20.7 Å². The maximum absolute atomic E-state index is 12.5. The van der Waals surface area contributed by atoms with E-state index in [0.717, 1.165) is 24.1 Å². The molecule has 0 aliphatic carbocycles. The molecule has 1 atom stereocenters. The number of nitrogens with zero attached hydrogens (tertiary/aromatic N) is 1. The molecule has 2 rings (SSSR count). The highest BCUT2D eigenvalue weighted by Crippen LogP contribution is 2.19. The first-order valence-electron chi connectivity index (χ1n) is 9.83. The van der Waals surface area contributed by atoms with Crippen molar-refractivity contribution < 1.29 is 19.1 Å². The number of rotatable bonds is 5. The number of nitrogens with one attached hydrogen (secondary N) is 2. The van der Waals surface area contributed by atoms with Crippen molar-refractivity contribution in [2.24, 2.45) is 5.92 Å². The van der Waals surface area contributed by atoms with Gasteiger partial charge in [0.15, 0.2) is 0 Å². The Bertz CT molecular complexity index is 712. The van der Waals surface area contributed by atoms with Crippen LogP contribution < -0.4 is 10.6 Å². The van der Waals surface area contributed by atoms with Gasteiger partial charge in [0.25, 0.3) is 0 Å². The highest BCUT2D eigenvalue weighted by atomic mass is 16.6. The van der Waals surface area contributed by atoms with Crippen molar-refractivity contribution in [3.05, 3.63) is 29.8 Å². The van der Waals surface area contributed by atoms with Gasteiger partial charge in [0.2, 0.25) is 11.8 Å². The van der Waals surface area contributed by atoms with Crippen molar-refractivity contribution in [1.82, 2.24) is 10.2 Å². The predicted molar refractivity (Wildman–Crippen MR) is 108 cm³/mol. The molecule has 1 heterocycles. The van der Waals surface area contributed by atoms with Crippen LogP contribution in [0.4, 0.5) is 10.5 Å². The molecular weight excluding hydrogens is 358 g/mol. The van der Waals surface area contributed by atoms with E-state index in [4.69, 9.17) is 4.74 Å². The number of anilines is 1. The van der Waals surface area contributed by atoms with Crippen LogP contribution in [0.3, 0.4) is 0 Å². The van der Waals surface area contributed by atoms with Gasteiger partial charge in [0.1, 0.15) is 5.60 Å². The SMILES string of the molecule is CCc1ccccc1NC(=O)CNC(=O)C1CCCN(C(=O)OC(C)(C)C)C1. The number of amides is 3. The van der Waals surface area contributed by atoms with Crippen molar-refractivity contribution in [1.29, 1.82) is 0 Å². The molecule has 0 bridgehead atoms. The summed E-state index contributed by atoms with van der Waals surface area (Å²) in [6.45, 7) is 8.25. The van der Waals surface area contributed by atoms with Gasteiger partial charge in [-0.05, 0) is 51.7 Å². The first-order valence-corrected chi connectivity index (χ1v) is 9.83. The molecule has 1 aliphatic heterocycles.